The van der Waals surface area contributed by atoms with Crippen LogP contribution in [0.3, 0.4) is 0 Å². The van der Waals surface area contributed by atoms with E-state index in [2.05, 4.69) is 0 Å². The van der Waals surface area contributed by atoms with Crippen LogP contribution in [-0.2, 0) is 18.9 Å². The highest BCUT2D eigenvalue weighted by molar-refractivity contribution is 5.18. The van der Waals surface area contributed by atoms with Gasteiger partial charge in [0.15, 0.2) is 11.9 Å². The Bertz CT molecular complexity index is 723. The monoisotopic (exact) mass is 520 g/mol. The van der Waals surface area contributed by atoms with Gasteiger partial charge in [-0.1, -0.05) is 0 Å². The van der Waals surface area contributed by atoms with Crippen LogP contribution in [0, 0.1) is 0 Å². The van der Waals surface area contributed by atoms with Gasteiger partial charge in [0.2, 0.25) is 11.6 Å². The average Bonchev–Trinajstić information content (AvgIpc) is 3.10. The molecule has 14 atom stereocenters. The number of hydrogen-bond acceptors (Lipinski definition) is 17. The van der Waals surface area contributed by atoms with Gasteiger partial charge in [-0.25, -0.2) is 0 Å². The van der Waals surface area contributed by atoms with E-state index >= 15 is 0 Å². The van der Waals surface area contributed by atoms with Gasteiger partial charge in [0.05, 0.1) is 19.8 Å². The normalized spacial score (nSPS) is 55.3. The second-order valence-corrected chi connectivity index (χ2v) is 8.74. The maximum atomic E-state index is 11.7. The molecule has 0 saturated carbocycles. The highest BCUT2D eigenvalue weighted by atomic mass is 16.8. The molecule has 0 bridgehead atoms. The van der Waals surface area contributed by atoms with Gasteiger partial charge in [0.25, 0.3) is 0 Å². The van der Waals surface area contributed by atoms with E-state index in [4.69, 9.17) is 18.9 Å². The van der Waals surface area contributed by atoms with Crippen LogP contribution in [0.5, 0.6) is 0 Å². The molecule has 1 unspecified atom stereocenters. The summed E-state index contributed by atoms with van der Waals surface area (Å²) >= 11 is 0. The van der Waals surface area contributed by atoms with Gasteiger partial charge >= 0.3 is 0 Å². The third-order valence-electron chi connectivity index (χ3n) is 6.77. The largest absolute Gasteiger partial charge is 0.394 e. The standard InChI is InChI=1S/C18H32O17/c19-1-5-8(23)10(25)14(29)18(34-5,17(31)7(3-21)32-15(30)11(26)13(17)28)35-16(4-22)12(27)9(24)6(2-20)33-16/h5-15,19-31H,1-4H2/t5-,6-,7-,8-,9-,10+,11-,12+,13-,14-,15-,16?,17-,18-/m1/s1. The number of aliphatic hydroxyl groups excluding tert-OH is 12. The molecule has 35 heavy (non-hydrogen) atoms. The summed E-state index contributed by atoms with van der Waals surface area (Å²) in [6.45, 7) is -4.70. The molecule has 3 aliphatic heterocycles. The fourth-order valence-electron chi connectivity index (χ4n) is 4.72. The molecule has 3 saturated heterocycles. The summed E-state index contributed by atoms with van der Waals surface area (Å²) in [5.41, 5.74) is -3.41. The van der Waals surface area contributed by atoms with E-state index < -0.39 is 111 Å². The van der Waals surface area contributed by atoms with Crippen molar-refractivity contribution in [2.75, 3.05) is 26.4 Å². The van der Waals surface area contributed by atoms with E-state index in [0.29, 0.717) is 0 Å². The lowest BCUT2D eigenvalue weighted by atomic mass is 9.71. The summed E-state index contributed by atoms with van der Waals surface area (Å²) in [4.78, 5) is 0. The van der Waals surface area contributed by atoms with Crippen molar-refractivity contribution in [1.82, 2.24) is 0 Å². The molecule has 0 aromatic carbocycles. The molecule has 0 aromatic rings. The predicted octanol–water partition coefficient (Wildman–Crippen LogP) is -8.86. The van der Waals surface area contributed by atoms with E-state index in [9.17, 15) is 66.4 Å². The smallest absolute Gasteiger partial charge is 0.235 e. The molecule has 3 fully saturated rings. The lowest BCUT2D eigenvalue weighted by molar-refractivity contribution is -0.498. The third kappa shape index (κ3) is 4.10. The zero-order valence-corrected chi connectivity index (χ0v) is 18.1. The quantitative estimate of drug-likeness (QED) is 0.148. The minimum absolute atomic E-state index is 0.930. The van der Waals surface area contributed by atoms with Crippen molar-refractivity contribution in [1.29, 1.82) is 0 Å². The lowest BCUT2D eigenvalue weighted by Gasteiger charge is -2.61. The van der Waals surface area contributed by atoms with Crippen LogP contribution in [0.4, 0.5) is 0 Å². The SMILES string of the molecule is OC[C@H]1OC(CO)(O[C@]2([C@]3(O)[C@H](O)[C@@H](O)[C@H](O)O[C@@H]3CO)O[C@H](CO)[C@@H](O)[C@H](O)[C@H]2O)[C@@H](O)[C@@H]1O. The molecule has 3 aliphatic rings. The Hall–Kier alpha value is -0.680. The van der Waals surface area contributed by atoms with Crippen molar-refractivity contribution in [3.05, 3.63) is 0 Å². The summed E-state index contributed by atoms with van der Waals surface area (Å²) < 4.78 is 21.1. The Kier molecular flexibility index (Phi) is 8.45. The highest BCUT2D eigenvalue weighted by Gasteiger charge is 2.76. The molecule has 17 nitrogen and oxygen atoms in total. The van der Waals surface area contributed by atoms with E-state index in [-0.39, 0.29) is 0 Å². The first kappa shape index (κ1) is 28.9. The summed E-state index contributed by atoms with van der Waals surface area (Å²) in [5, 5.41) is 134. The molecule has 0 spiro atoms. The number of aliphatic hydroxyl groups is 13. The molecule has 3 heterocycles. The number of ether oxygens (including phenoxy) is 4. The molecular formula is C18H32O17. The molecule has 0 aromatic heterocycles. The van der Waals surface area contributed by atoms with E-state index in [0.717, 1.165) is 0 Å². The molecule has 0 aliphatic carbocycles. The van der Waals surface area contributed by atoms with E-state index in [1.54, 1.807) is 0 Å². The maximum absolute atomic E-state index is 11.7. The van der Waals surface area contributed by atoms with Crippen molar-refractivity contribution in [2.24, 2.45) is 0 Å². The van der Waals surface area contributed by atoms with Crippen molar-refractivity contribution in [3.63, 3.8) is 0 Å². The minimum Gasteiger partial charge on any atom is -0.394 e. The molecule has 0 amide bonds. The van der Waals surface area contributed by atoms with Crippen LogP contribution in [0.25, 0.3) is 0 Å². The summed E-state index contributed by atoms with van der Waals surface area (Å²) in [6, 6.07) is 0. The topological polar surface area (TPSA) is 300 Å². The number of hydrogen-bond donors (Lipinski definition) is 13. The summed E-state index contributed by atoms with van der Waals surface area (Å²) in [7, 11) is 0. The lowest BCUT2D eigenvalue weighted by Crippen LogP contribution is -2.85. The van der Waals surface area contributed by atoms with Gasteiger partial charge in [-0.3, -0.25) is 0 Å². The van der Waals surface area contributed by atoms with Gasteiger partial charge in [-0.15, -0.1) is 0 Å². The first-order valence-corrected chi connectivity index (χ1v) is 10.6. The van der Waals surface area contributed by atoms with Crippen molar-refractivity contribution < 1.29 is 85.3 Å². The fraction of sp³-hybridized carbons (Fsp3) is 1.00. The van der Waals surface area contributed by atoms with Crippen LogP contribution in [0.1, 0.15) is 0 Å². The molecule has 3 rings (SSSR count). The van der Waals surface area contributed by atoms with Crippen molar-refractivity contribution in [2.45, 2.75) is 84.5 Å². The Balaban J connectivity index is 2.24. The van der Waals surface area contributed by atoms with Gasteiger partial charge in [-0.2, -0.15) is 0 Å². The number of rotatable bonds is 7. The summed E-state index contributed by atoms with van der Waals surface area (Å²) in [5.74, 6) is -6.33. The van der Waals surface area contributed by atoms with E-state index in [1.165, 1.54) is 0 Å². The summed E-state index contributed by atoms with van der Waals surface area (Å²) in [6.07, 6.45) is -24.2. The van der Waals surface area contributed by atoms with Crippen LogP contribution in [-0.4, -0.2) is 177 Å². The maximum Gasteiger partial charge on any atom is 0.235 e. The van der Waals surface area contributed by atoms with Crippen molar-refractivity contribution >= 4 is 0 Å². The average molecular weight is 520 g/mol. The molecule has 17 heteroatoms. The van der Waals surface area contributed by atoms with Crippen LogP contribution in [0.2, 0.25) is 0 Å². The molecular weight excluding hydrogens is 488 g/mol. The van der Waals surface area contributed by atoms with Crippen LogP contribution < -0.4 is 0 Å². The first-order chi connectivity index (χ1) is 16.3. The Labute approximate surface area is 197 Å². The molecule has 206 valence electrons. The second-order valence-electron chi connectivity index (χ2n) is 8.74. The third-order valence-corrected chi connectivity index (χ3v) is 6.77. The predicted molar refractivity (Wildman–Crippen MR) is 103 cm³/mol. The first-order valence-electron chi connectivity index (χ1n) is 10.6. The Morgan fingerprint density at radius 2 is 1.20 bits per heavy atom. The van der Waals surface area contributed by atoms with E-state index in [1.807, 2.05) is 0 Å². The van der Waals surface area contributed by atoms with Gasteiger partial charge in [-0.05, 0) is 0 Å². The second kappa shape index (κ2) is 10.2. The van der Waals surface area contributed by atoms with Crippen LogP contribution >= 0.6 is 0 Å². The van der Waals surface area contributed by atoms with Crippen LogP contribution in [0.15, 0.2) is 0 Å². The van der Waals surface area contributed by atoms with Gasteiger partial charge < -0.3 is 85.3 Å². The highest BCUT2D eigenvalue weighted by Crippen LogP contribution is 2.50. The Morgan fingerprint density at radius 1 is 0.629 bits per heavy atom. The molecule has 13 N–H and O–H groups in total. The van der Waals surface area contributed by atoms with Gasteiger partial charge in [0.1, 0.15) is 67.6 Å². The van der Waals surface area contributed by atoms with Crippen molar-refractivity contribution in [3.8, 4) is 0 Å². The zero-order valence-electron chi connectivity index (χ0n) is 18.1. The van der Waals surface area contributed by atoms with Gasteiger partial charge in [0, 0.05) is 0 Å². The zero-order chi connectivity index (χ0) is 26.5. The Morgan fingerprint density at radius 3 is 1.69 bits per heavy atom. The molecule has 0 radical (unpaired) electrons. The fourth-order valence-corrected chi connectivity index (χ4v) is 4.72. The minimum atomic E-state index is -3.44.